The summed E-state index contributed by atoms with van der Waals surface area (Å²) in [4.78, 5) is 7.36. The Balaban J connectivity index is 1.85. The summed E-state index contributed by atoms with van der Waals surface area (Å²) < 4.78 is 7.93. The molecule has 138 valence electrons. The number of hydrogen-bond acceptors (Lipinski definition) is 3. The number of para-hydroxylation sites is 2. The first kappa shape index (κ1) is 18.5. The zero-order valence-corrected chi connectivity index (χ0v) is 16.1. The van der Waals surface area contributed by atoms with E-state index < -0.39 is 0 Å². The van der Waals surface area contributed by atoms with Gasteiger partial charge in [0.2, 0.25) is 0 Å². The Morgan fingerprint density at radius 2 is 1.69 bits per heavy atom. The summed E-state index contributed by atoms with van der Waals surface area (Å²) in [5, 5.41) is 0. The molecule has 0 saturated carbocycles. The molecule has 0 aliphatic carbocycles. The minimum atomic E-state index is 0.695. The average Bonchev–Trinajstić information content (AvgIpc) is 3.02. The number of imidazole rings is 1. The summed E-state index contributed by atoms with van der Waals surface area (Å²) >= 11 is 0. The highest BCUT2D eigenvalue weighted by Gasteiger charge is 2.12. The molecule has 3 rings (SSSR count). The minimum absolute atomic E-state index is 0.695. The molecule has 0 unspecified atom stereocenters. The number of rotatable bonds is 9. The lowest BCUT2D eigenvalue weighted by Crippen LogP contribution is -2.27. The fraction of sp³-hybridized carbons (Fsp3) is 0.409. The van der Waals surface area contributed by atoms with Crippen LogP contribution in [0.1, 0.15) is 32.2 Å². The number of aromatic nitrogens is 2. The molecular formula is C22H29N3O. The molecule has 0 spiro atoms. The zero-order chi connectivity index (χ0) is 18.4. The van der Waals surface area contributed by atoms with Crippen LogP contribution in [0.3, 0.4) is 0 Å². The predicted octanol–water partition coefficient (Wildman–Crippen LogP) is 4.37. The molecule has 26 heavy (non-hydrogen) atoms. The Labute approximate surface area is 156 Å². The fourth-order valence-electron chi connectivity index (χ4n) is 3.34. The van der Waals surface area contributed by atoms with E-state index in [1.54, 1.807) is 0 Å². The number of nitrogens with zero attached hydrogens (tertiary/aromatic N) is 3. The van der Waals surface area contributed by atoms with Crippen molar-refractivity contribution in [1.29, 1.82) is 0 Å². The summed E-state index contributed by atoms with van der Waals surface area (Å²) in [5.41, 5.74) is 3.56. The van der Waals surface area contributed by atoms with E-state index in [-0.39, 0.29) is 0 Å². The molecule has 0 bridgehead atoms. The van der Waals surface area contributed by atoms with E-state index in [0.717, 1.165) is 49.7 Å². The van der Waals surface area contributed by atoms with Crippen LogP contribution in [0, 0.1) is 0 Å². The molecular weight excluding hydrogens is 322 g/mol. The van der Waals surface area contributed by atoms with Crippen LogP contribution in [0.2, 0.25) is 0 Å². The van der Waals surface area contributed by atoms with Gasteiger partial charge in [0.1, 0.15) is 11.6 Å². The first-order valence-corrected chi connectivity index (χ1v) is 9.63. The van der Waals surface area contributed by atoms with Crippen molar-refractivity contribution < 1.29 is 4.74 Å². The lowest BCUT2D eigenvalue weighted by Gasteiger charge is -2.19. The van der Waals surface area contributed by atoms with Crippen LogP contribution < -0.4 is 4.74 Å². The minimum Gasteiger partial charge on any atom is -0.494 e. The Morgan fingerprint density at radius 1 is 0.962 bits per heavy atom. The summed E-state index contributed by atoms with van der Waals surface area (Å²) in [6.45, 7) is 11.3. The Hall–Kier alpha value is -2.33. The molecule has 4 nitrogen and oxygen atoms in total. The molecule has 0 N–H and O–H groups in total. The number of fused-ring (bicyclic) bond motifs is 1. The van der Waals surface area contributed by atoms with Crippen LogP contribution in [0.4, 0.5) is 0 Å². The monoisotopic (exact) mass is 351 g/mol. The van der Waals surface area contributed by atoms with E-state index >= 15 is 0 Å². The van der Waals surface area contributed by atoms with Gasteiger partial charge in [-0.3, -0.25) is 0 Å². The van der Waals surface area contributed by atoms with Crippen molar-refractivity contribution in [2.45, 2.75) is 33.7 Å². The van der Waals surface area contributed by atoms with Gasteiger partial charge >= 0.3 is 0 Å². The fourth-order valence-corrected chi connectivity index (χ4v) is 3.34. The molecule has 4 heteroatoms. The van der Waals surface area contributed by atoms with Crippen LogP contribution in [0.15, 0.2) is 48.5 Å². The van der Waals surface area contributed by atoms with Crippen molar-refractivity contribution in [3.05, 3.63) is 59.9 Å². The first-order valence-electron chi connectivity index (χ1n) is 9.63. The third-order valence-corrected chi connectivity index (χ3v) is 4.86. The lowest BCUT2D eigenvalue weighted by molar-refractivity contribution is 0.291. The zero-order valence-electron chi connectivity index (χ0n) is 16.1. The molecule has 0 fully saturated rings. The third-order valence-electron chi connectivity index (χ3n) is 4.86. The topological polar surface area (TPSA) is 30.3 Å². The molecule has 2 aromatic carbocycles. The number of likely N-dealkylation sites (N-methyl/N-ethyl adjacent to an activating group) is 1. The summed E-state index contributed by atoms with van der Waals surface area (Å²) in [6.07, 6.45) is 0.833. The van der Waals surface area contributed by atoms with E-state index in [2.05, 4.69) is 59.7 Å². The number of ether oxygens (including phenoxy) is 1. The Bertz CT molecular complexity index is 819. The van der Waals surface area contributed by atoms with Gasteiger partial charge in [-0.05, 0) is 49.8 Å². The van der Waals surface area contributed by atoms with Gasteiger partial charge in [0.05, 0.1) is 17.6 Å². The molecule has 1 aromatic heterocycles. The highest BCUT2D eigenvalue weighted by Crippen LogP contribution is 2.20. The third kappa shape index (κ3) is 4.25. The van der Waals surface area contributed by atoms with Gasteiger partial charge in [0.15, 0.2) is 0 Å². The summed E-state index contributed by atoms with van der Waals surface area (Å²) in [7, 11) is 0. The van der Waals surface area contributed by atoms with Crippen molar-refractivity contribution in [3.8, 4) is 5.75 Å². The van der Waals surface area contributed by atoms with Crippen LogP contribution in [-0.4, -0.2) is 40.7 Å². The highest BCUT2D eigenvalue weighted by atomic mass is 16.5. The standard InChI is InChI=1S/C22H29N3O/c1-4-24(5-2)15-16-25-21-10-8-7-9-20(21)23-22(25)17-18-11-13-19(14-12-18)26-6-3/h7-14H,4-6,15-17H2,1-3H3. The van der Waals surface area contributed by atoms with Gasteiger partial charge < -0.3 is 14.2 Å². The van der Waals surface area contributed by atoms with Gasteiger partial charge in [0, 0.05) is 19.5 Å². The highest BCUT2D eigenvalue weighted by molar-refractivity contribution is 5.76. The van der Waals surface area contributed by atoms with Crippen molar-refractivity contribution in [3.63, 3.8) is 0 Å². The van der Waals surface area contributed by atoms with Gasteiger partial charge in [-0.1, -0.05) is 38.1 Å². The second kappa shape index (κ2) is 8.86. The lowest BCUT2D eigenvalue weighted by atomic mass is 10.1. The second-order valence-electron chi connectivity index (χ2n) is 6.45. The maximum atomic E-state index is 5.55. The van der Waals surface area contributed by atoms with Crippen LogP contribution in [0.25, 0.3) is 11.0 Å². The average molecular weight is 351 g/mol. The molecule has 0 amide bonds. The van der Waals surface area contributed by atoms with E-state index in [1.807, 2.05) is 19.1 Å². The Kier molecular flexibility index (Phi) is 6.29. The molecule has 3 aromatic rings. The van der Waals surface area contributed by atoms with Crippen LogP contribution >= 0.6 is 0 Å². The van der Waals surface area contributed by atoms with E-state index in [1.165, 1.54) is 11.1 Å². The summed E-state index contributed by atoms with van der Waals surface area (Å²) in [5.74, 6) is 2.05. The predicted molar refractivity (Wildman–Crippen MR) is 108 cm³/mol. The van der Waals surface area contributed by atoms with Crippen molar-refractivity contribution in [2.75, 3.05) is 26.2 Å². The quantitative estimate of drug-likeness (QED) is 0.573. The molecule has 0 atom stereocenters. The van der Waals surface area contributed by atoms with Gasteiger partial charge in [-0.25, -0.2) is 4.98 Å². The van der Waals surface area contributed by atoms with Gasteiger partial charge in [-0.2, -0.15) is 0 Å². The maximum absolute atomic E-state index is 5.55. The normalized spacial score (nSPS) is 11.4. The first-order chi connectivity index (χ1) is 12.7. The Morgan fingerprint density at radius 3 is 2.38 bits per heavy atom. The number of benzene rings is 2. The smallest absolute Gasteiger partial charge is 0.119 e. The number of hydrogen-bond donors (Lipinski definition) is 0. The SMILES string of the molecule is CCOc1ccc(Cc2nc3ccccc3n2CCN(CC)CC)cc1. The molecule has 0 aliphatic heterocycles. The molecule has 0 radical (unpaired) electrons. The van der Waals surface area contributed by atoms with E-state index in [9.17, 15) is 0 Å². The van der Waals surface area contributed by atoms with Gasteiger partial charge in [0.25, 0.3) is 0 Å². The van der Waals surface area contributed by atoms with E-state index in [4.69, 9.17) is 9.72 Å². The molecule has 0 aliphatic rings. The van der Waals surface area contributed by atoms with Crippen molar-refractivity contribution in [1.82, 2.24) is 14.5 Å². The largest absolute Gasteiger partial charge is 0.494 e. The second-order valence-corrected chi connectivity index (χ2v) is 6.45. The maximum Gasteiger partial charge on any atom is 0.119 e. The molecule has 0 saturated heterocycles. The van der Waals surface area contributed by atoms with Crippen LogP contribution in [0.5, 0.6) is 5.75 Å². The van der Waals surface area contributed by atoms with Crippen LogP contribution in [-0.2, 0) is 13.0 Å². The van der Waals surface area contributed by atoms with Gasteiger partial charge in [-0.15, -0.1) is 0 Å². The summed E-state index contributed by atoms with van der Waals surface area (Å²) in [6, 6.07) is 16.8. The molecule has 1 heterocycles. The van der Waals surface area contributed by atoms with E-state index in [0.29, 0.717) is 6.61 Å². The van der Waals surface area contributed by atoms with Crippen molar-refractivity contribution in [2.24, 2.45) is 0 Å². The van der Waals surface area contributed by atoms with Crippen molar-refractivity contribution >= 4 is 11.0 Å².